The number of carbonyl (C=O) groups excluding carboxylic acids is 1. The molecule has 3 heterocycles. The molecule has 0 aromatic carbocycles. The Kier molecular flexibility index (Phi) is 47.7. The predicted molar refractivity (Wildman–Crippen MR) is 346 cm³/mol. The number of nitrogens with one attached hydrogen (secondary N) is 1. The lowest BCUT2D eigenvalue weighted by Gasteiger charge is -2.48. The fourth-order valence-corrected chi connectivity index (χ4v) is 12.1. The van der Waals surface area contributed by atoms with Crippen molar-refractivity contribution in [1.29, 1.82) is 0 Å². The lowest BCUT2D eigenvalue weighted by atomic mass is 9.96. The third kappa shape index (κ3) is 34.3. The van der Waals surface area contributed by atoms with Gasteiger partial charge in [-0.3, -0.25) is 4.79 Å². The molecule has 17 atom stereocenters. The van der Waals surface area contributed by atoms with Crippen LogP contribution in [0.2, 0.25) is 0 Å². The quantitative estimate of drug-likeness (QED) is 0.0199. The molecule has 0 bridgehead atoms. The van der Waals surface area contributed by atoms with Crippen molar-refractivity contribution >= 4 is 5.91 Å². The fraction of sp³-hybridized carbons (Fsp3) is 0.900. The lowest BCUT2D eigenvalue weighted by molar-refractivity contribution is -0.379. The maximum atomic E-state index is 13.4. The molecule has 0 aliphatic carbocycles. The third-order valence-electron chi connectivity index (χ3n) is 17.9. The number of aliphatic hydroxyl groups excluding tert-OH is 11. The number of ether oxygens (including phenoxy) is 6. The summed E-state index contributed by atoms with van der Waals surface area (Å²) in [4.78, 5) is 13.4. The molecule has 89 heavy (non-hydrogen) atoms. The molecule has 522 valence electrons. The van der Waals surface area contributed by atoms with Gasteiger partial charge in [0.25, 0.3) is 0 Å². The highest BCUT2D eigenvalue weighted by atomic mass is 16.8. The first-order valence-electron chi connectivity index (χ1n) is 35.7. The summed E-state index contributed by atoms with van der Waals surface area (Å²) in [5.41, 5.74) is 0. The zero-order chi connectivity index (χ0) is 64.7. The van der Waals surface area contributed by atoms with Gasteiger partial charge in [-0.25, -0.2) is 0 Å². The standard InChI is InChI=1S/C70H129NO18/c1-3-5-7-9-11-13-15-17-19-20-21-22-23-24-25-26-27-28-29-30-31-32-34-35-37-39-41-43-45-47-54(75)53(71-58(76)48-46-44-42-40-38-36-33-18-16-14-12-10-8-6-4-2)52-84-68-64(82)61(79)66(56(50-73)86-68)89-70-65(83)62(80)67(57(51-74)87-70)88-69-63(81)60(78)59(77)55(49-72)85-69/h18,33,37,39,45,47,53-57,59-70,72-75,77-83H,3-17,19-32,34-36,38,40-44,46,48-52H2,1-2H3,(H,71,76)/b33-18-,39-37+,47-45+. The van der Waals surface area contributed by atoms with Crippen molar-refractivity contribution in [3.8, 4) is 0 Å². The summed E-state index contributed by atoms with van der Waals surface area (Å²) >= 11 is 0. The average Bonchev–Trinajstić information content (AvgIpc) is 1.97. The largest absolute Gasteiger partial charge is 0.394 e. The molecule has 12 N–H and O–H groups in total. The summed E-state index contributed by atoms with van der Waals surface area (Å²) < 4.78 is 34.3. The van der Waals surface area contributed by atoms with Gasteiger partial charge in [0, 0.05) is 6.42 Å². The summed E-state index contributed by atoms with van der Waals surface area (Å²) in [6.07, 6.45) is 34.3. The van der Waals surface area contributed by atoms with Crippen LogP contribution in [0.1, 0.15) is 271 Å². The van der Waals surface area contributed by atoms with Gasteiger partial charge < -0.3 is 89.9 Å². The Bertz CT molecular complexity index is 1760. The number of unbranched alkanes of at least 4 members (excludes halogenated alkanes) is 35. The third-order valence-corrected chi connectivity index (χ3v) is 17.9. The molecule has 17 unspecified atom stereocenters. The van der Waals surface area contributed by atoms with Crippen molar-refractivity contribution in [2.45, 2.75) is 375 Å². The molecule has 3 rings (SSSR count). The monoisotopic (exact) mass is 1270 g/mol. The van der Waals surface area contributed by atoms with Gasteiger partial charge in [0.05, 0.1) is 38.6 Å². The second kappa shape index (κ2) is 52.3. The molecule has 0 aromatic heterocycles. The van der Waals surface area contributed by atoms with Crippen LogP contribution in [0.15, 0.2) is 36.5 Å². The Morgan fingerprint density at radius 2 is 0.719 bits per heavy atom. The first kappa shape index (κ1) is 81.2. The topological polar surface area (TPSA) is 307 Å². The van der Waals surface area contributed by atoms with Crippen molar-refractivity contribution in [3.63, 3.8) is 0 Å². The molecule has 3 fully saturated rings. The Labute approximate surface area is 536 Å². The Hall–Kier alpha value is -1.99. The SMILES string of the molecule is CCCCCCCC/C=C\CCCCCCCC(=O)NC(COC1OC(CO)C(OC2OC(CO)C(OC3OC(CO)C(O)C(O)C3O)C(O)C2O)C(O)C1O)C(O)/C=C/CC/C=C/CCCCCCCCCCCCCCCCCCCCCCCCC. The lowest BCUT2D eigenvalue weighted by Crippen LogP contribution is -2.66. The van der Waals surface area contributed by atoms with E-state index in [0.717, 1.165) is 57.8 Å². The molecule has 0 saturated carbocycles. The van der Waals surface area contributed by atoms with E-state index in [4.69, 9.17) is 28.4 Å². The van der Waals surface area contributed by atoms with Crippen LogP contribution in [-0.4, -0.2) is 193 Å². The van der Waals surface area contributed by atoms with E-state index in [1.165, 1.54) is 180 Å². The van der Waals surface area contributed by atoms with E-state index in [0.29, 0.717) is 12.8 Å². The molecule has 3 aliphatic rings. The number of carbonyl (C=O) groups is 1. The number of allylic oxidation sites excluding steroid dienone is 5. The zero-order valence-corrected chi connectivity index (χ0v) is 55.2. The summed E-state index contributed by atoms with van der Waals surface area (Å²) in [5, 5.41) is 120. The van der Waals surface area contributed by atoms with Crippen LogP contribution in [0.3, 0.4) is 0 Å². The van der Waals surface area contributed by atoms with E-state index in [1.54, 1.807) is 6.08 Å². The van der Waals surface area contributed by atoms with Crippen LogP contribution in [-0.2, 0) is 33.2 Å². The minimum absolute atomic E-state index is 0.226. The Morgan fingerprint density at radius 3 is 1.12 bits per heavy atom. The predicted octanol–water partition coefficient (Wildman–Crippen LogP) is 9.61. The second-order valence-corrected chi connectivity index (χ2v) is 25.7. The van der Waals surface area contributed by atoms with Crippen molar-refractivity contribution < 1.29 is 89.4 Å². The summed E-state index contributed by atoms with van der Waals surface area (Å²) in [5.74, 6) is -0.292. The van der Waals surface area contributed by atoms with Gasteiger partial charge in [0.15, 0.2) is 18.9 Å². The van der Waals surface area contributed by atoms with Crippen molar-refractivity contribution in [3.05, 3.63) is 36.5 Å². The van der Waals surface area contributed by atoms with Gasteiger partial charge >= 0.3 is 0 Å². The summed E-state index contributed by atoms with van der Waals surface area (Å²) in [6, 6.07) is -0.994. The molecular formula is C70H129NO18. The molecule has 0 aromatic rings. The molecule has 19 nitrogen and oxygen atoms in total. The average molecular weight is 1270 g/mol. The first-order valence-corrected chi connectivity index (χ1v) is 35.7. The maximum Gasteiger partial charge on any atom is 0.220 e. The van der Waals surface area contributed by atoms with E-state index in [2.05, 4.69) is 43.5 Å². The molecule has 1 amide bonds. The van der Waals surface area contributed by atoms with Gasteiger partial charge in [-0.15, -0.1) is 0 Å². The van der Waals surface area contributed by atoms with Crippen LogP contribution < -0.4 is 5.32 Å². The number of aliphatic hydroxyl groups is 11. The van der Waals surface area contributed by atoms with E-state index in [1.807, 2.05) is 6.08 Å². The first-order chi connectivity index (χ1) is 43.3. The van der Waals surface area contributed by atoms with Gasteiger partial charge in [0.1, 0.15) is 73.2 Å². The molecule has 0 radical (unpaired) electrons. The molecule has 3 aliphatic heterocycles. The van der Waals surface area contributed by atoms with Crippen LogP contribution in [0.5, 0.6) is 0 Å². The minimum atomic E-state index is -1.98. The second-order valence-electron chi connectivity index (χ2n) is 25.7. The van der Waals surface area contributed by atoms with Crippen molar-refractivity contribution in [1.82, 2.24) is 5.32 Å². The Morgan fingerprint density at radius 1 is 0.393 bits per heavy atom. The van der Waals surface area contributed by atoms with Crippen LogP contribution in [0, 0.1) is 0 Å². The number of hydrogen-bond acceptors (Lipinski definition) is 18. The van der Waals surface area contributed by atoms with Crippen LogP contribution in [0.25, 0.3) is 0 Å². The van der Waals surface area contributed by atoms with Gasteiger partial charge in [-0.05, 0) is 57.8 Å². The molecule has 3 saturated heterocycles. The van der Waals surface area contributed by atoms with Gasteiger partial charge in [-0.1, -0.05) is 243 Å². The summed E-state index contributed by atoms with van der Waals surface area (Å²) in [6.45, 7) is 1.72. The minimum Gasteiger partial charge on any atom is -0.394 e. The normalized spacial score (nSPS) is 28.4. The maximum absolute atomic E-state index is 13.4. The van der Waals surface area contributed by atoms with E-state index >= 15 is 0 Å². The van der Waals surface area contributed by atoms with E-state index in [9.17, 15) is 61.0 Å². The number of amides is 1. The van der Waals surface area contributed by atoms with E-state index < -0.39 is 124 Å². The summed E-state index contributed by atoms with van der Waals surface area (Å²) in [7, 11) is 0. The molecular weight excluding hydrogens is 1140 g/mol. The Balaban J connectivity index is 1.42. The van der Waals surface area contributed by atoms with Crippen molar-refractivity contribution in [2.75, 3.05) is 26.4 Å². The highest BCUT2D eigenvalue weighted by molar-refractivity contribution is 5.76. The highest BCUT2D eigenvalue weighted by Gasteiger charge is 2.53. The van der Waals surface area contributed by atoms with Crippen LogP contribution >= 0.6 is 0 Å². The molecule has 19 heteroatoms. The van der Waals surface area contributed by atoms with Crippen LogP contribution in [0.4, 0.5) is 0 Å². The van der Waals surface area contributed by atoms with Gasteiger partial charge in [-0.2, -0.15) is 0 Å². The number of hydrogen-bond donors (Lipinski definition) is 12. The smallest absolute Gasteiger partial charge is 0.220 e. The molecule has 0 spiro atoms. The highest BCUT2D eigenvalue weighted by Crippen LogP contribution is 2.33. The van der Waals surface area contributed by atoms with Gasteiger partial charge in [0.2, 0.25) is 5.91 Å². The zero-order valence-electron chi connectivity index (χ0n) is 55.2. The number of rotatable bonds is 55. The van der Waals surface area contributed by atoms with Crippen molar-refractivity contribution in [2.24, 2.45) is 0 Å². The fourth-order valence-electron chi connectivity index (χ4n) is 12.1. The van der Waals surface area contributed by atoms with E-state index in [-0.39, 0.29) is 18.9 Å².